The van der Waals surface area contributed by atoms with Gasteiger partial charge in [0.2, 0.25) is 0 Å². The molecule has 8 bridgehead atoms. The van der Waals surface area contributed by atoms with Crippen molar-refractivity contribution in [3.63, 3.8) is 0 Å². The van der Waals surface area contributed by atoms with Crippen LogP contribution in [0.1, 0.15) is 55.4 Å². The van der Waals surface area contributed by atoms with E-state index in [1.165, 1.54) is 0 Å². The molecule has 0 spiro atoms. The van der Waals surface area contributed by atoms with Gasteiger partial charge in [0.25, 0.3) is 0 Å². The van der Waals surface area contributed by atoms with Gasteiger partial charge in [-0.2, -0.15) is 0 Å². The second-order valence-electron chi connectivity index (χ2n) is 14.3. The fraction of sp³-hybridized carbons (Fsp3) is 0.333. The molecule has 5 heterocycles. The van der Waals surface area contributed by atoms with Gasteiger partial charge in [0.05, 0.1) is 96.7 Å². The molecule has 2 aliphatic heterocycles. The zero-order valence-corrected chi connectivity index (χ0v) is 37.2. The Balaban J connectivity index is 0.00000576. The van der Waals surface area contributed by atoms with Gasteiger partial charge in [-0.25, -0.2) is 29.9 Å². The first-order valence-electron chi connectivity index (χ1n) is 21.9. The molecule has 9 rings (SSSR count). The van der Waals surface area contributed by atoms with Crippen LogP contribution in [0.25, 0.3) is 89.7 Å². The summed E-state index contributed by atoms with van der Waals surface area (Å²) in [5, 5.41) is 2.54. The second-order valence-corrected chi connectivity index (χ2v) is 14.3. The minimum absolute atomic E-state index is 0. The number of ether oxygens (including phenoxy) is 8. The van der Waals surface area contributed by atoms with E-state index in [0.717, 1.165) is 0 Å². The Hall–Kier alpha value is -6.76. The van der Waals surface area contributed by atoms with Crippen LogP contribution in [-0.4, -0.2) is 112 Å². The molecule has 7 aromatic rings. The normalized spacial score (nSPS) is 11.4. The molecule has 0 amide bonds. The third kappa shape index (κ3) is 7.84. The average Bonchev–Trinajstić information content (AvgIpc) is 4.04. The van der Waals surface area contributed by atoms with E-state index in [2.05, 4.69) is 9.97 Å². The third-order valence-corrected chi connectivity index (χ3v) is 10.5. The summed E-state index contributed by atoms with van der Waals surface area (Å²) in [5.74, 6) is 5.80. The maximum absolute atomic E-state index is 6.29. The first-order valence-corrected chi connectivity index (χ1v) is 21.9. The van der Waals surface area contributed by atoms with E-state index in [1.54, 1.807) is 0 Å². The zero-order chi connectivity index (χ0) is 44.5. The van der Waals surface area contributed by atoms with Gasteiger partial charge in [0, 0.05) is 0 Å². The van der Waals surface area contributed by atoms with Crippen molar-refractivity contribution in [3.05, 3.63) is 48.5 Å². The Labute approximate surface area is 387 Å². The standard InChI is InChI=1S/C48H50N8O8.Li.H/c1-9-57-25-17-18-26(58-10-2)34-33(25)41-49-42(34)54-44-37-29(61-13-5)21-22-30(62-14-6)38(37)46(51-44)56-48-40-32(64-16-8)24-23-31(63-15-7)39(40)47(52-48)55-45-36-28(60-12-4)20-19-27(59-11-3)35(36)43(50-45)53-41;;/h17-24H,9-16H2,1-8H3,(H2,49,50,51,52,53,54,55,56);;. The van der Waals surface area contributed by atoms with Crippen molar-refractivity contribution in [2.24, 2.45) is 0 Å². The van der Waals surface area contributed by atoms with Crippen LogP contribution in [0.2, 0.25) is 0 Å². The van der Waals surface area contributed by atoms with Crippen molar-refractivity contribution in [2.75, 3.05) is 52.9 Å². The van der Waals surface area contributed by atoms with Crippen molar-refractivity contribution in [1.82, 2.24) is 39.9 Å². The topological polar surface area (TPSA) is 183 Å². The second kappa shape index (κ2) is 19.1. The number of aromatic nitrogens is 8. The molecule has 17 heteroatoms. The van der Waals surface area contributed by atoms with Crippen LogP contribution in [0.3, 0.4) is 0 Å². The molecule has 2 N–H and O–H groups in total. The van der Waals surface area contributed by atoms with Gasteiger partial charge in [0.1, 0.15) is 68.6 Å². The van der Waals surface area contributed by atoms with Gasteiger partial charge in [0.15, 0.2) is 23.3 Å². The average molecular weight is 875 g/mol. The van der Waals surface area contributed by atoms with E-state index < -0.39 is 0 Å². The predicted molar refractivity (Wildman–Crippen MR) is 253 cm³/mol. The van der Waals surface area contributed by atoms with E-state index in [4.69, 9.17) is 67.8 Å². The molecule has 0 atom stereocenters. The summed E-state index contributed by atoms with van der Waals surface area (Å²) in [4.78, 5) is 38.7. The van der Waals surface area contributed by atoms with Gasteiger partial charge in [-0.15, -0.1) is 0 Å². The van der Waals surface area contributed by atoms with Crippen molar-refractivity contribution in [2.45, 2.75) is 55.4 Å². The fourth-order valence-electron chi connectivity index (χ4n) is 8.27. The van der Waals surface area contributed by atoms with E-state index in [-0.39, 0.29) is 18.9 Å². The number of hydrogen-bond donors (Lipinski definition) is 2. The summed E-state index contributed by atoms with van der Waals surface area (Å²) in [5.41, 5.74) is 4.07. The summed E-state index contributed by atoms with van der Waals surface area (Å²) in [6.07, 6.45) is 0. The summed E-state index contributed by atoms with van der Waals surface area (Å²) in [6.45, 7) is 18.6. The molecule has 3 aromatic heterocycles. The maximum atomic E-state index is 6.29. The number of aromatic amines is 2. The number of H-pyrrole nitrogens is 2. The van der Waals surface area contributed by atoms with Crippen LogP contribution < -0.4 is 37.9 Å². The Bertz CT molecular complexity index is 2700. The first-order chi connectivity index (χ1) is 31.4. The molecular formula is C48H51LiN8O8. The molecule has 65 heavy (non-hydrogen) atoms. The van der Waals surface area contributed by atoms with Crippen LogP contribution in [0.15, 0.2) is 48.5 Å². The molecular weight excluding hydrogens is 824 g/mol. The van der Waals surface area contributed by atoms with E-state index in [9.17, 15) is 0 Å². The molecule has 0 saturated carbocycles. The van der Waals surface area contributed by atoms with E-state index in [0.29, 0.717) is 189 Å². The minimum atomic E-state index is 0. The van der Waals surface area contributed by atoms with Crippen LogP contribution in [0.5, 0.6) is 46.0 Å². The van der Waals surface area contributed by atoms with Crippen molar-refractivity contribution >= 4 is 63.0 Å². The van der Waals surface area contributed by atoms with E-state index >= 15 is 0 Å². The fourth-order valence-corrected chi connectivity index (χ4v) is 8.27. The molecule has 0 unspecified atom stereocenters. The first kappa shape index (κ1) is 44.8. The molecule has 0 radical (unpaired) electrons. The Morgan fingerprint density at radius 1 is 0.292 bits per heavy atom. The molecule has 16 nitrogen and oxygen atoms in total. The summed E-state index contributed by atoms with van der Waals surface area (Å²) in [7, 11) is 0. The monoisotopic (exact) mass is 874 g/mol. The number of hydrogen-bond acceptors (Lipinski definition) is 14. The number of fused-ring (bicyclic) bond motifs is 20. The van der Waals surface area contributed by atoms with Crippen molar-refractivity contribution in [3.8, 4) is 91.5 Å². The van der Waals surface area contributed by atoms with Crippen LogP contribution in [0.4, 0.5) is 0 Å². The number of nitrogens with one attached hydrogen (secondary N) is 2. The van der Waals surface area contributed by atoms with Gasteiger partial charge in [-0.1, -0.05) is 0 Å². The number of nitrogens with zero attached hydrogens (tertiary/aromatic N) is 6. The Morgan fingerprint density at radius 2 is 0.477 bits per heavy atom. The molecule has 2 aliphatic rings. The quantitative estimate of drug-likeness (QED) is 0.0876. The SMILES string of the molecule is CCOc1ccc(OCC)c2c1-c1nc-2nc2[nH]c(nc3nc(nc4[nH]c(n1)c1c(OCC)ccc(OCC)c41)-c1c(OCC)ccc(OCC)c1-3)c1c(OCC)ccc(OCC)c21.[LiH]. The Morgan fingerprint density at radius 3 is 0.677 bits per heavy atom. The molecule has 332 valence electrons. The zero-order valence-electron chi connectivity index (χ0n) is 37.2. The molecule has 0 saturated heterocycles. The van der Waals surface area contributed by atoms with Crippen molar-refractivity contribution in [1.29, 1.82) is 0 Å². The molecule has 0 fully saturated rings. The van der Waals surface area contributed by atoms with E-state index in [1.807, 2.05) is 104 Å². The summed E-state index contributed by atoms with van der Waals surface area (Å²) < 4.78 is 50.3. The third-order valence-electron chi connectivity index (χ3n) is 10.5. The summed E-state index contributed by atoms with van der Waals surface area (Å²) in [6, 6.07) is 15.0. The van der Waals surface area contributed by atoms with Crippen LogP contribution in [-0.2, 0) is 0 Å². The number of rotatable bonds is 16. The van der Waals surface area contributed by atoms with Gasteiger partial charge < -0.3 is 47.9 Å². The van der Waals surface area contributed by atoms with Crippen LogP contribution >= 0.6 is 0 Å². The molecule has 4 aromatic carbocycles. The van der Waals surface area contributed by atoms with Crippen LogP contribution in [0, 0.1) is 0 Å². The molecule has 0 aliphatic carbocycles. The predicted octanol–water partition coefficient (Wildman–Crippen LogP) is 9.41. The number of benzene rings is 4. The van der Waals surface area contributed by atoms with Gasteiger partial charge >= 0.3 is 18.9 Å². The van der Waals surface area contributed by atoms with Gasteiger partial charge in [-0.3, -0.25) is 0 Å². The van der Waals surface area contributed by atoms with Crippen molar-refractivity contribution < 1.29 is 37.9 Å². The van der Waals surface area contributed by atoms with Gasteiger partial charge in [-0.05, 0) is 104 Å². The Kier molecular flexibility index (Phi) is 13.2. The summed E-state index contributed by atoms with van der Waals surface area (Å²) >= 11 is 0.